The van der Waals surface area contributed by atoms with Crippen LogP contribution in [-0.2, 0) is 0 Å². The number of nitrogens with zero attached hydrogens (tertiary/aromatic N) is 1. The maximum atomic E-state index is 5.41. The van der Waals surface area contributed by atoms with E-state index in [-0.39, 0.29) is 12.4 Å². The first kappa shape index (κ1) is 18.1. The Bertz CT molecular complexity index is 820. The lowest BCUT2D eigenvalue weighted by Crippen LogP contribution is -1.91. The summed E-state index contributed by atoms with van der Waals surface area (Å²) < 4.78 is 16.0. The van der Waals surface area contributed by atoms with Gasteiger partial charge in [0.1, 0.15) is 10.8 Å². The fraction of sp³-hybridized carbons (Fsp3) is 0.167. The van der Waals surface area contributed by atoms with Gasteiger partial charge in [0.05, 0.1) is 27.0 Å². The van der Waals surface area contributed by atoms with E-state index in [4.69, 9.17) is 19.2 Å². The molecule has 24 heavy (non-hydrogen) atoms. The van der Waals surface area contributed by atoms with Crippen LogP contribution >= 0.6 is 23.7 Å². The summed E-state index contributed by atoms with van der Waals surface area (Å²) >= 11 is 1.59. The minimum absolute atomic E-state index is 0. The molecule has 0 unspecified atom stereocenters. The van der Waals surface area contributed by atoms with Gasteiger partial charge in [0.2, 0.25) is 0 Å². The van der Waals surface area contributed by atoms with Crippen molar-refractivity contribution >= 4 is 23.7 Å². The molecule has 3 aromatic rings. The van der Waals surface area contributed by atoms with Crippen LogP contribution in [0.3, 0.4) is 0 Å². The summed E-state index contributed by atoms with van der Waals surface area (Å²) in [5.74, 6) is 2.22. The molecule has 0 radical (unpaired) electrons. The summed E-state index contributed by atoms with van der Waals surface area (Å²) in [6.07, 6.45) is 0. The number of methoxy groups -OCH3 is 3. The van der Waals surface area contributed by atoms with Crippen molar-refractivity contribution < 1.29 is 14.2 Å². The zero-order chi connectivity index (χ0) is 16.2. The molecule has 0 atom stereocenters. The largest absolute Gasteiger partial charge is 0.496 e. The van der Waals surface area contributed by atoms with Gasteiger partial charge in [-0.3, -0.25) is 0 Å². The third-order valence-electron chi connectivity index (χ3n) is 3.52. The molecule has 0 saturated heterocycles. The Labute approximate surface area is 151 Å². The number of aromatic nitrogens is 1. The van der Waals surface area contributed by atoms with E-state index in [2.05, 4.69) is 0 Å². The number of para-hydroxylation sites is 1. The highest BCUT2D eigenvalue weighted by atomic mass is 35.5. The molecule has 0 bridgehead atoms. The number of hydrogen-bond donors (Lipinski definition) is 0. The Kier molecular flexibility index (Phi) is 6.06. The van der Waals surface area contributed by atoms with Crippen molar-refractivity contribution in [2.45, 2.75) is 0 Å². The second-order valence-electron chi connectivity index (χ2n) is 4.81. The van der Waals surface area contributed by atoms with E-state index in [1.807, 2.05) is 47.8 Å². The van der Waals surface area contributed by atoms with E-state index in [1.54, 1.807) is 32.7 Å². The molecule has 0 aliphatic carbocycles. The molecule has 3 rings (SSSR count). The second-order valence-corrected chi connectivity index (χ2v) is 5.67. The smallest absolute Gasteiger partial charge is 0.161 e. The zero-order valence-electron chi connectivity index (χ0n) is 13.6. The minimum atomic E-state index is 0. The number of thiazole rings is 1. The fourth-order valence-electron chi connectivity index (χ4n) is 2.36. The van der Waals surface area contributed by atoms with Crippen molar-refractivity contribution in [1.29, 1.82) is 0 Å². The maximum absolute atomic E-state index is 5.41. The Morgan fingerprint density at radius 2 is 1.54 bits per heavy atom. The molecule has 0 aliphatic rings. The topological polar surface area (TPSA) is 40.6 Å². The Morgan fingerprint density at radius 1 is 0.833 bits per heavy atom. The van der Waals surface area contributed by atoms with Crippen LogP contribution in [0.4, 0.5) is 0 Å². The lowest BCUT2D eigenvalue weighted by Gasteiger charge is -2.08. The van der Waals surface area contributed by atoms with E-state index in [1.165, 1.54) is 0 Å². The molecule has 2 aromatic carbocycles. The molecule has 0 aliphatic heterocycles. The van der Waals surface area contributed by atoms with Crippen molar-refractivity contribution in [3.8, 4) is 39.1 Å². The molecule has 0 saturated carbocycles. The van der Waals surface area contributed by atoms with Crippen LogP contribution in [0.15, 0.2) is 47.8 Å². The van der Waals surface area contributed by atoms with Crippen LogP contribution in [0.2, 0.25) is 0 Å². The van der Waals surface area contributed by atoms with Crippen LogP contribution in [0.25, 0.3) is 21.8 Å². The molecule has 0 fully saturated rings. The highest BCUT2D eigenvalue weighted by Crippen LogP contribution is 2.36. The summed E-state index contributed by atoms with van der Waals surface area (Å²) in [5.41, 5.74) is 2.88. The van der Waals surface area contributed by atoms with Gasteiger partial charge in [-0.2, -0.15) is 0 Å². The van der Waals surface area contributed by atoms with Crippen molar-refractivity contribution in [2.75, 3.05) is 21.3 Å². The highest BCUT2D eigenvalue weighted by Gasteiger charge is 2.12. The summed E-state index contributed by atoms with van der Waals surface area (Å²) in [5, 5.41) is 2.95. The third-order valence-corrected chi connectivity index (χ3v) is 4.41. The van der Waals surface area contributed by atoms with Gasteiger partial charge in [0.15, 0.2) is 11.5 Å². The lowest BCUT2D eigenvalue weighted by atomic mass is 10.1. The lowest BCUT2D eigenvalue weighted by molar-refractivity contribution is 0.355. The fourth-order valence-corrected chi connectivity index (χ4v) is 3.17. The summed E-state index contributed by atoms with van der Waals surface area (Å²) in [7, 11) is 4.92. The van der Waals surface area contributed by atoms with Crippen molar-refractivity contribution in [3.63, 3.8) is 0 Å². The van der Waals surface area contributed by atoms with E-state index >= 15 is 0 Å². The monoisotopic (exact) mass is 363 g/mol. The standard InChI is InChI=1S/C18H17NO3S.ClH/c1-20-15-7-5-4-6-13(15)14-11-23-18(19-14)12-8-9-16(21-2)17(10-12)22-3;/h4-11H,1-3H3;1H. The Balaban J connectivity index is 0.00000208. The molecule has 126 valence electrons. The van der Waals surface area contributed by atoms with Crippen LogP contribution < -0.4 is 14.2 Å². The van der Waals surface area contributed by atoms with Gasteiger partial charge in [0, 0.05) is 16.5 Å². The molecule has 0 N–H and O–H groups in total. The second kappa shape index (κ2) is 8.04. The van der Waals surface area contributed by atoms with Gasteiger partial charge < -0.3 is 14.2 Å². The maximum Gasteiger partial charge on any atom is 0.161 e. The Hall–Kier alpha value is -2.24. The number of rotatable bonds is 5. The van der Waals surface area contributed by atoms with E-state index < -0.39 is 0 Å². The summed E-state index contributed by atoms with van der Waals surface area (Å²) in [6.45, 7) is 0. The van der Waals surface area contributed by atoms with Crippen molar-refractivity contribution in [2.24, 2.45) is 0 Å². The first-order chi connectivity index (χ1) is 11.3. The normalized spacial score (nSPS) is 9.96. The first-order valence-corrected chi connectivity index (χ1v) is 7.96. The number of benzene rings is 2. The molecule has 0 spiro atoms. The van der Waals surface area contributed by atoms with Gasteiger partial charge in [0.25, 0.3) is 0 Å². The average Bonchev–Trinajstić information content (AvgIpc) is 3.11. The molecule has 1 aromatic heterocycles. The van der Waals surface area contributed by atoms with E-state index in [9.17, 15) is 0 Å². The van der Waals surface area contributed by atoms with Gasteiger partial charge in [-0.05, 0) is 30.3 Å². The molecular weight excluding hydrogens is 346 g/mol. The van der Waals surface area contributed by atoms with Gasteiger partial charge >= 0.3 is 0 Å². The third kappa shape index (κ3) is 3.47. The first-order valence-electron chi connectivity index (χ1n) is 7.08. The van der Waals surface area contributed by atoms with Gasteiger partial charge in [-0.25, -0.2) is 4.98 Å². The van der Waals surface area contributed by atoms with Crippen LogP contribution in [0, 0.1) is 0 Å². The molecular formula is C18H18ClNO3S. The summed E-state index contributed by atoms with van der Waals surface area (Å²) in [6, 6.07) is 13.7. The predicted molar refractivity (Wildman–Crippen MR) is 99.9 cm³/mol. The van der Waals surface area contributed by atoms with Crippen molar-refractivity contribution in [3.05, 3.63) is 47.8 Å². The van der Waals surface area contributed by atoms with Gasteiger partial charge in [-0.1, -0.05) is 12.1 Å². The number of ether oxygens (including phenoxy) is 3. The summed E-state index contributed by atoms with van der Waals surface area (Å²) in [4.78, 5) is 4.73. The van der Waals surface area contributed by atoms with Gasteiger partial charge in [-0.15, -0.1) is 23.7 Å². The zero-order valence-corrected chi connectivity index (χ0v) is 15.2. The molecule has 6 heteroatoms. The van der Waals surface area contributed by atoms with Crippen LogP contribution in [0.1, 0.15) is 0 Å². The van der Waals surface area contributed by atoms with Crippen LogP contribution in [0.5, 0.6) is 17.2 Å². The SMILES string of the molecule is COc1ccc(-c2nc(-c3ccccc3OC)cs2)cc1OC.Cl. The number of hydrogen-bond acceptors (Lipinski definition) is 5. The average molecular weight is 364 g/mol. The minimum Gasteiger partial charge on any atom is -0.496 e. The number of halogens is 1. The van der Waals surface area contributed by atoms with E-state index in [0.29, 0.717) is 11.5 Å². The molecule has 1 heterocycles. The van der Waals surface area contributed by atoms with E-state index in [0.717, 1.165) is 27.6 Å². The quantitative estimate of drug-likeness (QED) is 0.644. The molecule has 0 amide bonds. The predicted octanol–water partition coefficient (Wildman–Crippen LogP) is 4.92. The van der Waals surface area contributed by atoms with Crippen molar-refractivity contribution in [1.82, 2.24) is 4.98 Å². The molecule has 4 nitrogen and oxygen atoms in total. The highest BCUT2D eigenvalue weighted by molar-refractivity contribution is 7.13. The van der Waals surface area contributed by atoms with Crippen LogP contribution in [-0.4, -0.2) is 26.3 Å². The Morgan fingerprint density at radius 3 is 2.25 bits per heavy atom.